The smallest absolute Gasteiger partial charge is 0.0924 e. The first-order chi connectivity index (χ1) is 9.22. The molecule has 0 amide bonds. The van der Waals surface area contributed by atoms with Crippen LogP contribution in [0.5, 0.6) is 0 Å². The molecule has 1 aliphatic rings. The fraction of sp³-hybridized carbons (Fsp3) is 0.562. The number of amidine groups is 1. The van der Waals surface area contributed by atoms with Crippen LogP contribution in [0.25, 0.3) is 0 Å². The average Bonchev–Trinajstić information content (AvgIpc) is 2.45. The number of nitrogens with one attached hydrogen (secondary N) is 1. The van der Waals surface area contributed by atoms with Crippen LogP contribution in [0.3, 0.4) is 0 Å². The molecule has 2 unspecified atom stereocenters. The van der Waals surface area contributed by atoms with Gasteiger partial charge in [0.25, 0.3) is 0 Å². The zero-order chi connectivity index (χ0) is 13.7. The van der Waals surface area contributed by atoms with Crippen molar-refractivity contribution in [2.45, 2.75) is 51.1 Å². The Balaban J connectivity index is 2.23. The number of hydrogen-bond donors (Lipinski definition) is 2. The molecule has 1 aliphatic heterocycles. The quantitative estimate of drug-likeness (QED) is 0.629. The number of nitrogens with zero attached hydrogens (tertiary/aromatic N) is 1. The van der Waals surface area contributed by atoms with Gasteiger partial charge in [-0.15, -0.1) is 0 Å². The molecule has 1 aromatic rings. The van der Waals surface area contributed by atoms with Gasteiger partial charge in [-0.25, -0.2) is 0 Å². The molecule has 0 bridgehead atoms. The van der Waals surface area contributed by atoms with Crippen LogP contribution in [0.15, 0.2) is 30.3 Å². The highest BCUT2D eigenvalue weighted by Gasteiger charge is 2.29. The maximum atomic E-state index is 7.67. The number of benzene rings is 1. The molecule has 1 fully saturated rings. The van der Waals surface area contributed by atoms with E-state index < -0.39 is 0 Å². The summed E-state index contributed by atoms with van der Waals surface area (Å²) >= 11 is 0. The van der Waals surface area contributed by atoms with Gasteiger partial charge in [-0.1, -0.05) is 43.7 Å². The Bertz CT molecular complexity index is 402. The molecule has 3 heteroatoms. The van der Waals surface area contributed by atoms with Gasteiger partial charge in [-0.2, -0.15) is 0 Å². The minimum absolute atomic E-state index is 0.268. The van der Waals surface area contributed by atoms with E-state index in [0.717, 1.165) is 6.54 Å². The second-order valence-electron chi connectivity index (χ2n) is 5.45. The molecule has 1 aromatic carbocycles. The first kappa shape index (κ1) is 14.1. The van der Waals surface area contributed by atoms with Crippen molar-refractivity contribution < 1.29 is 0 Å². The van der Waals surface area contributed by atoms with E-state index in [2.05, 4.69) is 36.1 Å². The zero-order valence-corrected chi connectivity index (χ0v) is 11.8. The van der Waals surface area contributed by atoms with Crippen molar-refractivity contribution in [1.29, 1.82) is 5.41 Å². The minimum atomic E-state index is 0.268. The standard InChI is InChI=1S/C16H25N3/c1-2-14-10-6-7-11-19(14)15(12-16(17)18)13-8-4-3-5-9-13/h3-5,8-9,14-15H,2,6-7,10-12H2,1H3,(H3,17,18). The summed E-state index contributed by atoms with van der Waals surface area (Å²) in [4.78, 5) is 2.57. The number of nitrogens with two attached hydrogens (primary N) is 1. The summed E-state index contributed by atoms with van der Waals surface area (Å²) in [5.41, 5.74) is 6.97. The lowest BCUT2D eigenvalue weighted by Crippen LogP contribution is -2.42. The molecular weight excluding hydrogens is 234 g/mol. The Hall–Kier alpha value is -1.35. The van der Waals surface area contributed by atoms with Crippen LogP contribution < -0.4 is 5.73 Å². The number of piperidine rings is 1. The fourth-order valence-corrected chi connectivity index (χ4v) is 3.18. The van der Waals surface area contributed by atoms with E-state index in [1.54, 1.807) is 0 Å². The summed E-state index contributed by atoms with van der Waals surface area (Å²) in [5, 5.41) is 7.67. The molecule has 104 valence electrons. The maximum Gasteiger partial charge on any atom is 0.0924 e. The molecular formula is C16H25N3. The van der Waals surface area contributed by atoms with Crippen molar-refractivity contribution in [1.82, 2.24) is 4.90 Å². The van der Waals surface area contributed by atoms with Crippen LogP contribution in [0.2, 0.25) is 0 Å². The molecule has 1 heterocycles. The normalized spacial score (nSPS) is 22.1. The average molecular weight is 259 g/mol. The van der Waals surface area contributed by atoms with Crippen LogP contribution in [-0.4, -0.2) is 23.3 Å². The Morgan fingerprint density at radius 2 is 2.11 bits per heavy atom. The van der Waals surface area contributed by atoms with E-state index in [9.17, 15) is 0 Å². The third-order valence-electron chi connectivity index (χ3n) is 4.14. The van der Waals surface area contributed by atoms with Gasteiger partial charge in [0.2, 0.25) is 0 Å². The molecule has 0 aromatic heterocycles. The van der Waals surface area contributed by atoms with Gasteiger partial charge in [0, 0.05) is 18.5 Å². The van der Waals surface area contributed by atoms with E-state index in [1.165, 1.54) is 31.2 Å². The lowest BCUT2D eigenvalue weighted by atomic mass is 9.93. The van der Waals surface area contributed by atoms with Gasteiger partial charge in [-0.05, 0) is 31.4 Å². The molecule has 1 saturated heterocycles. The van der Waals surface area contributed by atoms with Gasteiger partial charge in [0.1, 0.15) is 0 Å². The van der Waals surface area contributed by atoms with Crippen LogP contribution in [0.4, 0.5) is 0 Å². The van der Waals surface area contributed by atoms with Gasteiger partial charge in [0.05, 0.1) is 5.84 Å². The van der Waals surface area contributed by atoms with Gasteiger partial charge < -0.3 is 5.73 Å². The highest BCUT2D eigenvalue weighted by atomic mass is 15.2. The summed E-state index contributed by atoms with van der Waals surface area (Å²) in [6, 6.07) is 11.4. The number of rotatable bonds is 5. The molecule has 0 spiro atoms. The van der Waals surface area contributed by atoms with Crippen molar-refractivity contribution >= 4 is 5.84 Å². The summed E-state index contributed by atoms with van der Waals surface area (Å²) in [5.74, 6) is 0.286. The highest BCUT2D eigenvalue weighted by Crippen LogP contribution is 2.32. The SMILES string of the molecule is CCC1CCCCN1C(CC(=N)N)c1ccccc1. The van der Waals surface area contributed by atoms with Gasteiger partial charge >= 0.3 is 0 Å². The minimum Gasteiger partial charge on any atom is -0.388 e. The van der Waals surface area contributed by atoms with E-state index in [-0.39, 0.29) is 11.9 Å². The van der Waals surface area contributed by atoms with E-state index in [0.29, 0.717) is 12.5 Å². The van der Waals surface area contributed by atoms with Gasteiger partial charge in [-0.3, -0.25) is 10.3 Å². The second-order valence-corrected chi connectivity index (χ2v) is 5.45. The lowest BCUT2D eigenvalue weighted by Gasteiger charge is -2.41. The fourth-order valence-electron chi connectivity index (χ4n) is 3.18. The van der Waals surface area contributed by atoms with Crippen molar-refractivity contribution in [3.8, 4) is 0 Å². The predicted octanol–water partition coefficient (Wildman–Crippen LogP) is 3.32. The first-order valence-corrected chi connectivity index (χ1v) is 7.36. The first-order valence-electron chi connectivity index (χ1n) is 7.36. The van der Waals surface area contributed by atoms with Crippen LogP contribution in [0, 0.1) is 5.41 Å². The molecule has 3 N–H and O–H groups in total. The van der Waals surface area contributed by atoms with E-state index in [1.807, 2.05) is 6.07 Å². The summed E-state index contributed by atoms with van der Waals surface area (Å²) < 4.78 is 0. The third kappa shape index (κ3) is 3.57. The summed E-state index contributed by atoms with van der Waals surface area (Å²) in [6.45, 7) is 3.39. The lowest BCUT2D eigenvalue weighted by molar-refractivity contribution is 0.0941. The van der Waals surface area contributed by atoms with Crippen LogP contribution in [-0.2, 0) is 0 Å². The van der Waals surface area contributed by atoms with Crippen molar-refractivity contribution in [3.63, 3.8) is 0 Å². The van der Waals surface area contributed by atoms with E-state index in [4.69, 9.17) is 11.1 Å². The molecule has 0 saturated carbocycles. The monoisotopic (exact) mass is 259 g/mol. The molecule has 2 rings (SSSR count). The molecule has 3 nitrogen and oxygen atoms in total. The zero-order valence-electron chi connectivity index (χ0n) is 11.8. The molecule has 2 atom stereocenters. The van der Waals surface area contributed by atoms with E-state index >= 15 is 0 Å². The topological polar surface area (TPSA) is 53.1 Å². The van der Waals surface area contributed by atoms with Crippen molar-refractivity contribution in [2.75, 3.05) is 6.54 Å². The Labute approximate surface area is 116 Å². The molecule has 19 heavy (non-hydrogen) atoms. The van der Waals surface area contributed by atoms with Crippen LogP contribution >= 0.6 is 0 Å². The predicted molar refractivity (Wildman–Crippen MR) is 80.4 cm³/mol. The van der Waals surface area contributed by atoms with Crippen molar-refractivity contribution in [3.05, 3.63) is 35.9 Å². The molecule has 0 radical (unpaired) electrons. The Morgan fingerprint density at radius 3 is 2.74 bits per heavy atom. The summed E-state index contributed by atoms with van der Waals surface area (Å²) in [6.07, 6.45) is 5.69. The second kappa shape index (κ2) is 6.71. The molecule has 0 aliphatic carbocycles. The maximum absolute atomic E-state index is 7.67. The third-order valence-corrected chi connectivity index (χ3v) is 4.14. The Morgan fingerprint density at radius 1 is 1.37 bits per heavy atom. The van der Waals surface area contributed by atoms with Crippen molar-refractivity contribution in [2.24, 2.45) is 5.73 Å². The largest absolute Gasteiger partial charge is 0.388 e. The van der Waals surface area contributed by atoms with Crippen LogP contribution in [0.1, 0.15) is 50.6 Å². The number of hydrogen-bond acceptors (Lipinski definition) is 2. The highest BCUT2D eigenvalue weighted by molar-refractivity contribution is 5.77. The number of likely N-dealkylation sites (tertiary alicyclic amines) is 1. The summed E-state index contributed by atoms with van der Waals surface area (Å²) in [7, 11) is 0. The van der Waals surface area contributed by atoms with Gasteiger partial charge in [0.15, 0.2) is 0 Å². The Kier molecular flexibility index (Phi) is 4.97.